The van der Waals surface area contributed by atoms with Crippen LogP contribution in [-0.2, 0) is 0 Å². The maximum Gasteiger partial charge on any atom is 0.245 e. The Morgan fingerprint density at radius 2 is 2.10 bits per heavy atom. The summed E-state index contributed by atoms with van der Waals surface area (Å²) < 4.78 is 0. The van der Waals surface area contributed by atoms with Crippen LogP contribution in [0.3, 0.4) is 0 Å². The number of hydrogen-bond acceptors (Lipinski definition) is 5. The van der Waals surface area contributed by atoms with E-state index in [1.807, 2.05) is 26.0 Å². The molecule has 0 spiro atoms. The number of aromatic nitrogens is 4. The first kappa shape index (κ1) is 13.1. The lowest BCUT2D eigenvalue weighted by Gasteiger charge is -2.30. The largest absolute Gasteiger partial charge is 0.337 e. The van der Waals surface area contributed by atoms with Crippen LogP contribution in [0, 0.1) is 13.8 Å². The van der Waals surface area contributed by atoms with Crippen molar-refractivity contribution in [3.8, 4) is 11.4 Å². The molecular formula is C14H20N6. The molecular weight excluding hydrogens is 252 g/mol. The van der Waals surface area contributed by atoms with E-state index in [0.717, 1.165) is 48.4 Å². The first-order chi connectivity index (χ1) is 9.63. The second-order valence-electron chi connectivity index (χ2n) is 5.37. The average molecular weight is 272 g/mol. The number of piperazine rings is 1. The van der Waals surface area contributed by atoms with Crippen molar-refractivity contribution < 1.29 is 0 Å². The van der Waals surface area contributed by atoms with Gasteiger partial charge in [-0.2, -0.15) is 4.98 Å². The highest BCUT2D eigenvalue weighted by Gasteiger charge is 2.20. The average Bonchev–Trinajstić information content (AvgIpc) is 2.88. The van der Waals surface area contributed by atoms with Gasteiger partial charge >= 0.3 is 0 Å². The second kappa shape index (κ2) is 5.20. The molecule has 0 aliphatic carbocycles. The van der Waals surface area contributed by atoms with Gasteiger partial charge in [-0.15, -0.1) is 5.10 Å². The van der Waals surface area contributed by atoms with Gasteiger partial charge in [0.25, 0.3) is 0 Å². The van der Waals surface area contributed by atoms with Crippen LogP contribution in [0.2, 0.25) is 0 Å². The van der Waals surface area contributed by atoms with Crippen molar-refractivity contribution in [2.24, 2.45) is 0 Å². The molecule has 1 fully saturated rings. The van der Waals surface area contributed by atoms with E-state index in [2.05, 4.69) is 37.3 Å². The smallest absolute Gasteiger partial charge is 0.245 e. The molecule has 1 aliphatic heterocycles. The van der Waals surface area contributed by atoms with Gasteiger partial charge in [0.15, 0.2) is 5.82 Å². The van der Waals surface area contributed by atoms with Crippen molar-refractivity contribution in [2.75, 3.05) is 24.5 Å². The number of anilines is 1. The third-order valence-corrected chi connectivity index (χ3v) is 3.61. The summed E-state index contributed by atoms with van der Waals surface area (Å²) in [5.74, 6) is 1.56. The normalized spacial score (nSPS) is 19.4. The Hall–Kier alpha value is -1.95. The molecule has 3 rings (SSSR count). The van der Waals surface area contributed by atoms with E-state index in [1.54, 1.807) is 0 Å². The lowest BCUT2D eigenvalue weighted by Crippen LogP contribution is -2.49. The molecule has 1 saturated heterocycles. The fraction of sp³-hybridized carbons (Fsp3) is 0.500. The van der Waals surface area contributed by atoms with Crippen LogP contribution in [0.1, 0.15) is 18.3 Å². The van der Waals surface area contributed by atoms with Crippen molar-refractivity contribution in [3.05, 3.63) is 23.5 Å². The molecule has 2 aromatic heterocycles. The fourth-order valence-electron chi connectivity index (χ4n) is 2.57. The van der Waals surface area contributed by atoms with Gasteiger partial charge in [0.05, 0.1) is 0 Å². The molecule has 1 unspecified atom stereocenters. The van der Waals surface area contributed by atoms with Crippen molar-refractivity contribution in [3.63, 3.8) is 0 Å². The number of pyridine rings is 1. The predicted octanol–water partition coefficient (Wildman–Crippen LogP) is 1.28. The maximum atomic E-state index is 4.62. The van der Waals surface area contributed by atoms with Gasteiger partial charge in [-0.1, -0.05) is 0 Å². The third-order valence-electron chi connectivity index (χ3n) is 3.61. The second-order valence-corrected chi connectivity index (χ2v) is 5.37. The van der Waals surface area contributed by atoms with Gasteiger partial charge in [0, 0.05) is 42.6 Å². The Morgan fingerprint density at radius 1 is 1.25 bits per heavy atom. The van der Waals surface area contributed by atoms with Gasteiger partial charge < -0.3 is 10.2 Å². The highest BCUT2D eigenvalue weighted by molar-refractivity contribution is 5.59. The molecule has 20 heavy (non-hydrogen) atoms. The Labute approximate surface area is 118 Å². The van der Waals surface area contributed by atoms with Gasteiger partial charge in [-0.05, 0) is 32.9 Å². The van der Waals surface area contributed by atoms with Crippen LogP contribution in [0.4, 0.5) is 5.95 Å². The monoisotopic (exact) mass is 272 g/mol. The molecule has 6 nitrogen and oxygen atoms in total. The van der Waals surface area contributed by atoms with Crippen molar-refractivity contribution in [1.29, 1.82) is 0 Å². The van der Waals surface area contributed by atoms with Crippen LogP contribution < -0.4 is 10.2 Å². The topological polar surface area (TPSA) is 69.7 Å². The number of aromatic amines is 1. The number of H-pyrrole nitrogens is 1. The fourth-order valence-corrected chi connectivity index (χ4v) is 2.57. The number of nitrogens with zero attached hydrogens (tertiary/aromatic N) is 4. The molecule has 2 aromatic rings. The summed E-state index contributed by atoms with van der Waals surface area (Å²) in [5, 5.41) is 10.8. The van der Waals surface area contributed by atoms with Crippen molar-refractivity contribution in [2.45, 2.75) is 26.8 Å². The summed E-state index contributed by atoms with van der Waals surface area (Å²) in [5.41, 5.74) is 3.00. The summed E-state index contributed by atoms with van der Waals surface area (Å²) in [6, 6.07) is 4.51. The standard InChI is InChI=1S/C14H20N6/c1-9-4-5-12(11(3)16-9)13-17-14(19-18-13)20-7-6-15-10(2)8-20/h4-5,10,15H,6-8H2,1-3H3,(H,17,18,19). The van der Waals surface area contributed by atoms with Crippen molar-refractivity contribution >= 4 is 5.95 Å². The van der Waals surface area contributed by atoms with Crippen LogP contribution in [0.5, 0.6) is 0 Å². The summed E-state index contributed by atoms with van der Waals surface area (Å²) in [6.45, 7) is 9.00. The van der Waals surface area contributed by atoms with Gasteiger partial charge in [0.2, 0.25) is 5.95 Å². The number of rotatable bonds is 2. The van der Waals surface area contributed by atoms with Crippen LogP contribution in [-0.4, -0.2) is 45.8 Å². The molecule has 1 atom stereocenters. The molecule has 0 saturated carbocycles. The zero-order valence-corrected chi connectivity index (χ0v) is 12.1. The van der Waals surface area contributed by atoms with Crippen LogP contribution >= 0.6 is 0 Å². The molecule has 6 heteroatoms. The SMILES string of the molecule is Cc1ccc(-c2nc(N3CCNC(C)C3)n[nH]2)c(C)n1. The first-order valence-electron chi connectivity index (χ1n) is 6.99. The lowest BCUT2D eigenvalue weighted by atomic mass is 10.2. The van der Waals surface area contributed by atoms with Gasteiger partial charge in [-0.25, -0.2) is 0 Å². The van der Waals surface area contributed by atoms with E-state index in [-0.39, 0.29) is 0 Å². The van der Waals surface area contributed by atoms with E-state index in [0.29, 0.717) is 6.04 Å². The maximum absolute atomic E-state index is 4.62. The van der Waals surface area contributed by atoms with E-state index in [4.69, 9.17) is 0 Å². The highest BCUT2D eigenvalue weighted by Crippen LogP contribution is 2.21. The zero-order valence-electron chi connectivity index (χ0n) is 12.1. The number of hydrogen-bond donors (Lipinski definition) is 2. The Bertz CT molecular complexity index is 605. The summed E-state index contributed by atoms with van der Waals surface area (Å²) >= 11 is 0. The lowest BCUT2D eigenvalue weighted by molar-refractivity contribution is 0.480. The molecule has 106 valence electrons. The minimum atomic E-state index is 0.466. The Balaban J connectivity index is 1.86. The van der Waals surface area contributed by atoms with E-state index < -0.39 is 0 Å². The van der Waals surface area contributed by atoms with Gasteiger partial charge in [0.1, 0.15) is 0 Å². The summed E-state index contributed by atoms with van der Waals surface area (Å²) in [7, 11) is 0. The zero-order chi connectivity index (χ0) is 14.1. The minimum Gasteiger partial charge on any atom is -0.337 e. The molecule has 0 bridgehead atoms. The molecule has 0 amide bonds. The quantitative estimate of drug-likeness (QED) is 0.862. The molecule has 2 N–H and O–H groups in total. The number of aryl methyl sites for hydroxylation is 2. The highest BCUT2D eigenvalue weighted by atomic mass is 15.4. The van der Waals surface area contributed by atoms with Crippen LogP contribution in [0.25, 0.3) is 11.4 Å². The van der Waals surface area contributed by atoms with E-state index in [1.165, 1.54) is 0 Å². The molecule has 1 aliphatic rings. The van der Waals surface area contributed by atoms with E-state index in [9.17, 15) is 0 Å². The predicted molar refractivity (Wildman–Crippen MR) is 78.8 cm³/mol. The molecule has 3 heterocycles. The number of nitrogens with one attached hydrogen (secondary N) is 2. The Morgan fingerprint density at radius 3 is 2.85 bits per heavy atom. The first-order valence-corrected chi connectivity index (χ1v) is 6.99. The Kier molecular flexibility index (Phi) is 3.40. The van der Waals surface area contributed by atoms with Gasteiger partial charge in [-0.3, -0.25) is 10.1 Å². The van der Waals surface area contributed by atoms with E-state index >= 15 is 0 Å². The molecule has 0 aromatic carbocycles. The van der Waals surface area contributed by atoms with Crippen molar-refractivity contribution in [1.82, 2.24) is 25.5 Å². The molecule has 0 radical (unpaired) electrons. The van der Waals surface area contributed by atoms with Crippen LogP contribution in [0.15, 0.2) is 12.1 Å². The third kappa shape index (κ3) is 2.51. The minimum absolute atomic E-state index is 0.466. The summed E-state index contributed by atoms with van der Waals surface area (Å²) in [4.78, 5) is 11.3. The summed E-state index contributed by atoms with van der Waals surface area (Å²) in [6.07, 6.45) is 0.